The van der Waals surface area contributed by atoms with E-state index in [1.54, 1.807) is 0 Å². The molecule has 0 amide bonds. The minimum atomic E-state index is 0.984. The third-order valence-electron chi connectivity index (χ3n) is 3.15. The van der Waals surface area contributed by atoms with E-state index in [4.69, 9.17) is 0 Å². The maximum atomic E-state index is 4.51. The molecular formula is C17H16N2. The molecule has 0 aliphatic rings. The molecule has 0 fully saturated rings. The average molecular weight is 248 g/mol. The van der Waals surface area contributed by atoms with Crippen LogP contribution in [0, 0.1) is 13.8 Å². The highest BCUT2D eigenvalue weighted by molar-refractivity contribution is 5.60. The number of aromatic nitrogens is 2. The molecule has 0 aliphatic carbocycles. The number of nitrogens with zero attached hydrogens (tertiary/aromatic N) is 2. The zero-order valence-corrected chi connectivity index (χ0v) is 11.2. The van der Waals surface area contributed by atoms with Gasteiger partial charge in [0.2, 0.25) is 0 Å². The summed E-state index contributed by atoms with van der Waals surface area (Å²) < 4.78 is 2.12. The molecular weight excluding hydrogens is 232 g/mol. The summed E-state index contributed by atoms with van der Waals surface area (Å²) in [6.07, 6.45) is 3.85. The van der Waals surface area contributed by atoms with E-state index >= 15 is 0 Å². The van der Waals surface area contributed by atoms with E-state index in [9.17, 15) is 0 Å². The van der Waals surface area contributed by atoms with E-state index < -0.39 is 0 Å². The fraction of sp³-hybridized carbons (Fsp3) is 0.118. The maximum absolute atomic E-state index is 4.51. The number of hydrogen-bond acceptors (Lipinski definition) is 1. The lowest BCUT2D eigenvalue weighted by atomic mass is 10.1. The van der Waals surface area contributed by atoms with E-state index in [-0.39, 0.29) is 0 Å². The van der Waals surface area contributed by atoms with Crippen LogP contribution in [0.2, 0.25) is 0 Å². The van der Waals surface area contributed by atoms with Crippen LogP contribution in [-0.4, -0.2) is 9.55 Å². The van der Waals surface area contributed by atoms with Crippen LogP contribution in [0.1, 0.15) is 11.1 Å². The molecule has 0 spiro atoms. The molecule has 19 heavy (non-hydrogen) atoms. The SMILES string of the molecule is Cc1cc(C)cc(-c2nccn2-c2ccccc2)c1. The van der Waals surface area contributed by atoms with Gasteiger partial charge in [-0.1, -0.05) is 35.4 Å². The van der Waals surface area contributed by atoms with Crippen molar-refractivity contribution in [2.24, 2.45) is 0 Å². The van der Waals surface area contributed by atoms with Crippen LogP contribution in [0.4, 0.5) is 0 Å². The molecule has 0 saturated heterocycles. The van der Waals surface area contributed by atoms with E-state index in [0.29, 0.717) is 0 Å². The summed E-state index contributed by atoms with van der Waals surface area (Å²) >= 11 is 0. The Labute approximate surface area is 113 Å². The Balaban J connectivity index is 2.15. The van der Waals surface area contributed by atoms with E-state index in [1.807, 2.05) is 30.6 Å². The highest BCUT2D eigenvalue weighted by atomic mass is 15.1. The van der Waals surface area contributed by atoms with Crippen molar-refractivity contribution in [1.82, 2.24) is 9.55 Å². The standard InChI is InChI=1S/C17H16N2/c1-13-10-14(2)12-15(11-13)17-18-8-9-19(17)16-6-4-3-5-7-16/h3-12H,1-2H3. The molecule has 0 unspecified atom stereocenters. The molecule has 2 aromatic carbocycles. The van der Waals surface area contributed by atoms with Gasteiger partial charge in [-0.15, -0.1) is 0 Å². The highest BCUT2D eigenvalue weighted by Gasteiger charge is 2.08. The molecule has 0 radical (unpaired) electrons. The van der Waals surface area contributed by atoms with Gasteiger partial charge in [-0.2, -0.15) is 0 Å². The largest absolute Gasteiger partial charge is 0.300 e. The summed E-state index contributed by atoms with van der Waals surface area (Å²) in [5, 5.41) is 0. The maximum Gasteiger partial charge on any atom is 0.144 e. The van der Waals surface area contributed by atoms with Gasteiger partial charge in [-0.3, -0.25) is 4.57 Å². The Morgan fingerprint density at radius 3 is 2.26 bits per heavy atom. The number of aryl methyl sites for hydroxylation is 2. The molecule has 3 rings (SSSR count). The van der Waals surface area contributed by atoms with Crippen LogP contribution in [0.5, 0.6) is 0 Å². The average Bonchev–Trinajstić information content (AvgIpc) is 2.88. The van der Waals surface area contributed by atoms with Gasteiger partial charge >= 0.3 is 0 Å². The van der Waals surface area contributed by atoms with Crippen LogP contribution in [-0.2, 0) is 0 Å². The normalized spacial score (nSPS) is 10.6. The topological polar surface area (TPSA) is 17.8 Å². The van der Waals surface area contributed by atoms with Crippen molar-refractivity contribution in [3.05, 3.63) is 72.1 Å². The van der Waals surface area contributed by atoms with Crippen LogP contribution in [0.15, 0.2) is 60.9 Å². The van der Waals surface area contributed by atoms with Crippen molar-refractivity contribution < 1.29 is 0 Å². The quantitative estimate of drug-likeness (QED) is 0.666. The Bertz CT molecular complexity index is 676. The van der Waals surface area contributed by atoms with Crippen LogP contribution in [0.3, 0.4) is 0 Å². The summed E-state index contributed by atoms with van der Waals surface area (Å²) in [6, 6.07) is 16.8. The van der Waals surface area contributed by atoms with Crippen molar-refractivity contribution in [3.8, 4) is 17.1 Å². The molecule has 0 aliphatic heterocycles. The number of imidazole rings is 1. The molecule has 3 aromatic rings. The molecule has 2 nitrogen and oxygen atoms in total. The van der Waals surface area contributed by atoms with E-state index in [1.165, 1.54) is 11.1 Å². The van der Waals surface area contributed by atoms with Gasteiger partial charge in [0.15, 0.2) is 0 Å². The zero-order valence-electron chi connectivity index (χ0n) is 11.2. The first kappa shape index (κ1) is 11.7. The van der Waals surface area contributed by atoms with Crippen LogP contribution < -0.4 is 0 Å². The molecule has 2 heteroatoms. The summed E-state index contributed by atoms with van der Waals surface area (Å²) in [5.74, 6) is 0.984. The second-order valence-corrected chi connectivity index (χ2v) is 4.83. The van der Waals surface area contributed by atoms with Gasteiger partial charge in [0.1, 0.15) is 5.82 Å². The van der Waals surface area contributed by atoms with Crippen LogP contribution in [0.25, 0.3) is 17.1 Å². The molecule has 0 bridgehead atoms. The predicted octanol–water partition coefficient (Wildman–Crippen LogP) is 4.16. The van der Waals surface area contributed by atoms with E-state index in [0.717, 1.165) is 17.1 Å². The summed E-state index contributed by atoms with van der Waals surface area (Å²) in [7, 11) is 0. The lowest BCUT2D eigenvalue weighted by Crippen LogP contribution is -1.96. The second kappa shape index (κ2) is 4.73. The minimum Gasteiger partial charge on any atom is -0.300 e. The molecule has 94 valence electrons. The van der Waals surface area contributed by atoms with Crippen LogP contribution >= 0.6 is 0 Å². The number of rotatable bonds is 2. The Morgan fingerprint density at radius 1 is 0.895 bits per heavy atom. The Kier molecular flexibility index (Phi) is 2.92. The van der Waals surface area contributed by atoms with Gasteiger partial charge in [0, 0.05) is 23.6 Å². The smallest absolute Gasteiger partial charge is 0.144 e. The second-order valence-electron chi connectivity index (χ2n) is 4.83. The predicted molar refractivity (Wildman–Crippen MR) is 78.5 cm³/mol. The van der Waals surface area contributed by atoms with Gasteiger partial charge < -0.3 is 0 Å². The lowest BCUT2D eigenvalue weighted by molar-refractivity contribution is 1.07. The van der Waals surface area contributed by atoms with Crippen molar-refractivity contribution in [2.75, 3.05) is 0 Å². The van der Waals surface area contributed by atoms with Gasteiger partial charge in [-0.25, -0.2) is 4.98 Å². The number of para-hydroxylation sites is 1. The van der Waals surface area contributed by atoms with Crippen molar-refractivity contribution in [3.63, 3.8) is 0 Å². The number of hydrogen-bond donors (Lipinski definition) is 0. The first-order valence-electron chi connectivity index (χ1n) is 6.41. The van der Waals surface area contributed by atoms with Gasteiger partial charge in [-0.05, 0) is 38.1 Å². The fourth-order valence-electron chi connectivity index (χ4n) is 2.42. The third kappa shape index (κ3) is 2.29. The summed E-state index contributed by atoms with van der Waals surface area (Å²) in [6.45, 7) is 4.23. The molecule has 0 saturated carbocycles. The summed E-state index contributed by atoms with van der Waals surface area (Å²) in [4.78, 5) is 4.51. The Morgan fingerprint density at radius 2 is 1.58 bits per heavy atom. The van der Waals surface area contributed by atoms with Gasteiger partial charge in [0.05, 0.1) is 0 Å². The van der Waals surface area contributed by atoms with Gasteiger partial charge in [0.25, 0.3) is 0 Å². The van der Waals surface area contributed by atoms with E-state index in [2.05, 4.69) is 53.7 Å². The number of benzene rings is 2. The molecule has 0 atom stereocenters. The summed E-state index contributed by atoms with van der Waals surface area (Å²) in [5.41, 5.74) is 4.82. The molecule has 0 N–H and O–H groups in total. The highest BCUT2D eigenvalue weighted by Crippen LogP contribution is 2.23. The first-order chi connectivity index (χ1) is 9.24. The fourth-order valence-corrected chi connectivity index (χ4v) is 2.42. The van der Waals surface area contributed by atoms with Crippen molar-refractivity contribution in [2.45, 2.75) is 13.8 Å². The Hall–Kier alpha value is -2.35. The first-order valence-corrected chi connectivity index (χ1v) is 6.41. The molecule has 1 aromatic heterocycles. The lowest BCUT2D eigenvalue weighted by Gasteiger charge is -2.09. The minimum absolute atomic E-state index is 0.984. The van der Waals surface area contributed by atoms with Crippen molar-refractivity contribution in [1.29, 1.82) is 0 Å². The van der Waals surface area contributed by atoms with Crippen molar-refractivity contribution >= 4 is 0 Å². The third-order valence-corrected chi connectivity index (χ3v) is 3.15. The monoisotopic (exact) mass is 248 g/mol. The molecule has 1 heterocycles. The zero-order chi connectivity index (χ0) is 13.2.